The number of carbonyl (C=O) groups is 1. The summed E-state index contributed by atoms with van der Waals surface area (Å²) in [7, 11) is 0. The molecule has 6 heteroatoms. The average Bonchev–Trinajstić information content (AvgIpc) is 2.33. The van der Waals surface area contributed by atoms with E-state index in [2.05, 4.69) is 15.6 Å². The molecule has 1 aromatic heterocycles. The zero-order chi connectivity index (χ0) is 14.6. The Kier molecular flexibility index (Phi) is 4.57. The van der Waals surface area contributed by atoms with E-state index in [1.54, 1.807) is 6.20 Å². The Bertz CT molecular complexity index is 472. The Labute approximate surface area is 118 Å². The molecule has 0 saturated carbocycles. The fourth-order valence-electron chi connectivity index (χ4n) is 2.20. The van der Waals surface area contributed by atoms with Crippen molar-refractivity contribution in [2.45, 2.75) is 38.5 Å². The van der Waals surface area contributed by atoms with Gasteiger partial charge >= 0.3 is 5.97 Å². The van der Waals surface area contributed by atoms with Crippen LogP contribution in [-0.2, 0) is 11.3 Å². The third-order valence-electron chi connectivity index (χ3n) is 3.27. The molecule has 20 heavy (non-hydrogen) atoms. The van der Waals surface area contributed by atoms with E-state index < -0.39 is 5.97 Å². The number of nitrogens with zero attached hydrogens (tertiary/aromatic N) is 1. The number of ether oxygens (including phenoxy) is 1. The maximum Gasteiger partial charge on any atom is 0.305 e. The smallest absolute Gasteiger partial charge is 0.305 e. The van der Waals surface area contributed by atoms with Gasteiger partial charge in [-0.05, 0) is 19.9 Å². The number of hydrogen-bond donors (Lipinski definition) is 3. The molecule has 0 atom stereocenters. The molecular weight excluding hydrogens is 258 g/mol. The number of aliphatic carboxylic acids is 1. The molecule has 1 fully saturated rings. The summed E-state index contributed by atoms with van der Waals surface area (Å²) in [4.78, 5) is 15.2. The highest BCUT2D eigenvalue weighted by molar-refractivity contribution is 5.68. The monoisotopic (exact) mass is 279 g/mol. The van der Waals surface area contributed by atoms with Gasteiger partial charge < -0.3 is 20.5 Å². The molecule has 1 aliphatic rings. The van der Waals surface area contributed by atoms with Crippen LogP contribution in [0.4, 0.5) is 0 Å². The molecule has 6 nitrogen and oxygen atoms in total. The van der Waals surface area contributed by atoms with Crippen molar-refractivity contribution in [3.8, 4) is 5.88 Å². The lowest BCUT2D eigenvalue weighted by molar-refractivity contribution is -0.139. The van der Waals surface area contributed by atoms with Gasteiger partial charge in [0.05, 0.1) is 18.1 Å². The number of carboxylic acid groups (broad SMARTS) is 1. The van der Waals surface area contributed by atoms with Gasteiger partial charge in [-0.3, -0.25) is 4.79 Å². The predicted octanol–water partition coefficient (Wildman–Crippen LogP) is 0.775. The van der Waals surface area contributed by atoms with E-state index in [-0.39, 0.29) is 18.1 Å². The van der Waals surface area contributed by atoms with Gasteiger partial charge in [0.25, 0.3) is 0 Å². The molecule has 3 N–H and O–H groups in total. The molecule has 0 radical (unpaired) electrons. The van der Waals surface area contributed by atoms with Gasteiger partial charge in [-0.1, -0.05) is 6.07 Å². The van der Waals surface area contributed by atoms with E-state index >= 15 is 0 Å². The third kappa shape index (κ3) is 3.68. The second kappa shape index (κ2) is 6.19. The molecule has 0 amide bonds. The summed E-state index contributed by atoms with van der Waals surface area (Å²) in [6.07, 6.45) is 1.86. The quantitative estimate of drug-likeness (QED) is 0.684. The zero-order valence-electron chi connectivity index (χ0n) is 11.8. The van der Waals surface area contributed by atoms with Gasteiger partial charge in [-0.2, -0.15) is 0 Å². The lowest BCUT2D eigenvalue weighted by Crippen LogP contribution is -2.68. The van der Waals surface area contributed by atoms with E-state index in [1.807, 2.05) is 26.0 Å². The van der Waals surface area contributed by atoms with Crippen LogP contribution in [0.25, 0.3) is 0 Å². The van der Waals surface area contributed by atoms with Gasteiger partial charge in [0, 0.05) is 31.4 Å². The van der Waals surface area contributed by atoms with E-state index in [9.17, 15) is 4.79 Å². The second-order valence-corrected chi connectivity index (χ2v) is 5.44. The van der Waals surface area contributed by atoms with E-state index in [1.165, 1.54) is 0 Å². The topological polar surface area (TPSA) is 83.5 Å². The van der Waals surface area contributed by atoms with Crippen LogP contribution in [0.2, 0.25) is 0 Å². The number of nitrogens with one attached hydrogen (secondary N) is 2. The minimum atomic E-state index is -0.788. The zero-order valence-corrected chi connectivity index (χ0v) is 11.8. The summed E-state index contributed by atoms with van der Waals surface area (Å²) in [6.45, 7) is 5.78. The number of rotatable bonds is 7. The van der Waals surface area contributed by atoms with Crippen molar-refractivity contribution in [3.05, 3.63) is 23.9 Å². The fraction of sp³-hybridized carbons (Fsp3) is 0.571. The summed E-state index contributed by atoms with van der Waals surface area (Å²) >= 11 is 0. The molecule has 2 rings (SSSR count). The lowest BCUT2D eigenvalue weighted by Gasteiger charge is -2.42. The summed E-state index contributed by atoms with van der Waals surface area (Å²) in [5.74, 6) is -0.184. The summed E-state index contributed by atoms with van der Waals surface area (Å²) in [5.41, 5.74) is 0.578. The Morgan fingerprint density at radius 3 is 2.90 bits per heavy atom. The number of aromatic nitrogens is 1. The van der Waals surface area contributed by atoms with E-state index in [0.717, 1.165) is 5.56 Å². The van der Waals surface area contributed by atoms with Crippen LogP contribution in [0.3, 0.4) is 0 Å². The summed E-state index contributed by atoms with van der Waals surface area (Å²) in [5, 5.41) is 15.4. The lowest BCUT2D eigenvalue weighted by atomic mass is 9.88. The second-order valence-electron chi connectivity index (χ2n) is 5.44. The van der Waals surface area contributed by atoms with E-state index in [4.69, 9.17) is 9.84 Å². The van der Waals surface area contributed by atoms with Gasteiger partial charge in [0.1, 0.15) is 0 Å². The molecule has 2 heterocycles. The van der Waals surface area contributed by atoms with Crippen molar-refractivity contribution in [2.75, 3.05) is 13.1 Å². The van der Waals surface area contributed by atoms with Crippen molar-refractivity contribution < 1.29 is 14.6 Å². The predicted molar refractivity (Wildman–Crippen MR) is 74.7 cm³/mol. The van der Waals surface area contributed by atoms with Gasteiger partial charge in [-0.25, -0.2) is 4.98 Å². The average molecular weight is 279 g/mol. The van der Waals surface area contributed by atoms with Crippen LogP contribution in [0, 0.1) is 0 Å². The Balaban J connectivity index is 2.01. The highest BCUT2D eigenvalue weighted by Crippen LogP contribution is 2.20. The standard InChI is InChI=1S/C14H21N3O3/c1-10(2)20-13-11(4-3-5-16-13)7-17-14(6-12(18)19)8-15-9-14/h3-5,10,15,17H,6-9H2,1-2H3,(H,18,19). The Morgan fingerprint density at radius 1 is 1.60 bits per heavy atom. The molecule has 0 unspecified atom stereocenters. The molecular formula is C14H21N3O3. The van der Waals surface area contributed by atoms with Crippen LogP contribution in [0.1, 0.15) is 25.8 Å². The third-order valence-corrected chi connectivity index (χ3v) is 3.27. The maximum atomic E-state index is 10.9. The molecule has 0 aliphatic carbocycles. The fourth-order valence-corrected chi connectivity index (χ4v) is 2.20. The highest BCUT2D eigenvalue weighted by atomic mass is 16.5. The van der Waals surface area contributed by atoms with Crippen molar-refractivity contribution >= 4 is 5.97 Å². The minimum absolute atomic E-state index is 0.0574. The first kappa shape index (κ1) is 14.7. The van der Waals surface area contributed by atoms with Gasteiger partial charge in [0.15, 0.2) is 0 Å². The first-order chi connectivity index (χ1) is 9.51. The van der Waals surface area contributed by atoms with Crippen molar-refractivity contribution in [3.63, 3.8) is 0 Å². The Morgan fingerprint density at radius 2 is 2.35 bits per heavy atom. The van der Waals surface area contributed by atoms with Crippen LogP contribution in [-0.4, -0.2) is 40.8 Å². The number of pyridine rings is 1. The SMILES string of the molecule is CC(C)Oc1ncccc1CNC1(CC(=O)O)CNC1. The summed E-state index contributed by atoms with van der Waals surface area (Å²) in [6, 6.07) is 3.80. The van der Waals surface area contributed by atoms with Gasteiger partial charge in [0.2, 0.25) is 5.88 Å². The van der Waals surface area contributed by atoms with Crippen molar-refractivity contribution in [1.29, 1.82) is 0 Å². The van der Waals surface area contributed by atoms with Gasteiger partial charge in [-0.15, -0.1) is 0 Å². The molecule has 0 aromatic carbocycles. The number of carboxylic acids is 1. The van der Waals surface area contributed by atoms with Crippen molar-refractivity contribution in [1.82, 2.24) is 15.6 Å². The van der Waals surface area contributed by atoms with Crippen LogP contribution < -0.4 is 15.4 Å². The molecule has 0 spiro atoms. The van der Waals surface area contributed by atoms with Crippen molar-refractivity contribution in [2.24, 2.45) is 0 Å². The molecule has 0 bridgehead atoms. The molecule has 110 valence electrons. The highest BCUT2D eigenvalue weighted by Gasteiger charge is 2.38. The van der Waals surface area contributed by atoms with Crippen LogP contribution in [0.5, 0.6) is 5.88 Å². The minimum Gasteiger partial charge on any atom is -0.481 e. The van der Waals surface area contributed by atoms with E-state index in [0.29, 0.717) is 25.5 Å². The van der Waals surface area contributed by atoms with Crippen LogP contribution >= 0.6 is 0 Å². The van der Waals surface area contributed by atoms with Crippen LogP contribution in [0.15, 0.2) is 18.3 Å². The molecule has 1 saturated heterocycles. The first-order valence-corrected chi connectivity index (χ1v) is 6.79. The summed E-state index contributed by atoms with van der Waals surface area (Å²) < 4.78 is 5.66. The largest absolute Gasteiger partial charge is 0.481 e. The first-order valence-electron chi connectivity index (χ1n) is 6.79. The molecule has 1 aliphatic heterocycles. The molecule has 1 aromatic rings. The maximum absolute atomic E-state index is 10.9. The normalized spacial score (nSPS) is 16.8. The Hall–Kier alpha value is -1.66. The number of hydrogen-bond acceptors (Lipinski definition) is 5.